The van der Waals surface area contributed by atoms with Crippen molar-refractivity contribution in [1.29, 1.82) is 0 Å². The summed E-state index contributed by atoms with van der Waals surface area (Å²) in [6.45, 7) is 4.81. The standard InChI is InChI=1S/C26H26ClN3O2/c1-3-15-31-24-16-21(32-23(4-2)18-5-7-20(27)8-6-18)9-10-22(24)26-25(29-17-30-26)19-11-13-28-14-12-19/h5-14,16-17,23H,3-4,15H2,1-2H3,(H,29,30). The molecular formula is C26H26ClN3O2. The van der Waals surface area contributed by atoms with Gasteiger partial charge in [0.15, 0.2) is 0 Å². The Morgan fingerprint density at radius 2 is 1.78 bits per heavy atom. The van der Waals surface area contributed by atoms with Gasteiger partial charge >= 0.3 is 0 Å². The number of hydrogen-bond donors (Lipinski definition) is 1. The third-order valence-corrected chi connectivity index (χ3v) is 5.42. The van der Waals surface area contributed by atoms with Gasteiger partial charge in [0.1, 0.15) is 17.6 Å². The van der Waals surface area contributed by atoms with E-state index in [-0.39, 0.29) is 6.10 Å². The van der Waals surface area contributed by atoms with Gasteiger partial charge in [-0.25, -0.2) is 4.98 Å². The molecule has 164 valence electrons. The highest BCUT2D eigenvalue weighted by Crippen LogP contribution is 2.38. The lowest BCUT2D eigenvalue weighted by Gasteiger charge is -2.20. The molecular weight excluding hydrogens is 422 g/mol. The monoisotopic (exact) mass is 447 g/mol. The first-order chi connectivity index (χ1) is 15.7. The summed E-state index contributed by atoms with van der Waals surface area (Å²) in [5.74, 6) is 1.52. The number of ether oxygens (including phenoxy) is 2. The second-order valence-electron chi connectivity index (χ2n) is 7.43. The van der Waals surface area contributed by atoms with Gasteiger partial charge in [-0.2, -0.15) is 0 Å². The van der Waals surface area contributed by atoms with Gasteiger partial charge in [0.25, 0.3) is 0 Å². The van der Waals surface area contributed by atoms with Gasteiger partial charge in [-0.15, -0.1) is 0 Å². The predicted molar refractivity (Wildman–Crippen MR) is 128 cm³/mol. The Labute approximate surface area is 193 Å². The zero-order chi connectivity index (χ0) is 22.3. The molecule has 0 bridgehead atoms. The highest BCUT2D eigenvalue weighted by atomic mass is 35.5. The van der Waals surface area contributed by atoms with E-state index >= 15 is 0 Å². The van der Waals surface area contributed by atoms with E-state index in [1.54, 1.807) is 18.7 Å². The van der Waals surface area contributed by atoms with Crippen molar-refractivity contribution in [2.45, 2.75) is 32.8 Å². The molecule has 0 spiro atoms. The zero-order valence-corrected chi connectivity index (χ0v) is 19.0. The van der Waals surface area contributed by atoms with Gasteiger partial charge < -0.3 is 14.5 Å². The summed E-state index contributed by atoms with van der Waals surface area (Å²) in [5.41, 5.74) is 4.78. The van der Waals surface area contributed by atoms with E-state index in [1.165, 1.54) is 0 Å². The first kappa shape index (κ1) is 21.9. The Hall–Kier alpha value is -3.31. The molecule has 0 fully saturated rings. The van der Waals surface area contributed by atoms with Crippen LogP contribution in [0.4, 0.5) is 0 Å². The van der Waals surface area contributed by atoms with E-state index in [4.69, 9.17) is 21.1 Å². The number of H-pyrrole nitrogens is 1. The fourth-order valence-corrected chi connectivity index (χ4v) is 3.70. The van der Waals surface area contributed by atoms with Crippen molar-refractivity contribution < 1.29 is 9.47 Å². The van der Waals surface area contributed by atoms with E-state index in [9.17, 15) is 0 Å². The van der Waals surface area contributed by atoms with E-state index < -0.39 is 0 Å². The molecule has 2 heterocycles. The Kier molecular flexibility index (Phi) is 7.07. The number of hydrogen-bond acceptors (Lipinski definition) is 4. The number of aromatic amines is 1. The fraction of sp³-hybridized carbons (Fsp3) is 0.231. The van der Waals surface area contributed by atoms with Gasteiger partial charge in [0.05, 0.1) is 24.3 Å². The topological polar surface area (TPSA) is 60.0 Å². The summed E-state index contributed by atoms with van der Waals surface area (Å²) in [5, 5.41) is 0.716. The average Bonchev–Trinajstić information content (AvgIpc) is 3.32. The quantitative estimate of drug-likeness (QED) is 0.297. The number of aromatic nitrogens is 3. The third-order valence-electron chi connectivity index (χ3n) is 5.17. The normalized spacial score (nSPS) is 11.8. The minimum atomic E-state index is -0.0725. The lowest BCUT2D eigenvalue weighted by Crippen LogP contribution is -2.07. The zero-order valence-electron chi connectivity index (χ0n) is 18.2. The van der Waals surface area contributed by atoms with E-state index in [2.05, 4.69) is 28.8 Å². The molecule has 6 heteroatoms. The van der Waals surface area contributed by atoms with Gasteiger partial charge in [0, 0.05) is 34.6 Å². The second-order valence-corrected chi connectivity index (χ2v) is 7.87. The van der Waals surface area contributed by atoms with Crippen LogP contribution in [0.5, 0.6) is 11.5 Å². The van der Waals surface area contributed by atoms with Gasteiger partial charge in [0.2, 0.25) is 0 Å². The lowest BCUT2D eigenvalue weighted by molar-refractivity contribution is 0.200. The molecule has 0 radical (unpaired) electrons. The Morgan fingerprint density at radius 1 is 1.00 bits per heavy atom. The molecule has 1 unspecified atom stereocenters. The molecule has 0 saturated carbocycles. The van der Waals surface area contributed by atoms with Crippen LogP contribution < -0.4 is 9.47 Å². The second kappa shape index (κ2) is 10.3. The summed E-state index contributed by atoms with van der Waals surface area (Å²) in [4.78, 5) is 11.9. The van der Waals surface area contributed by atoms with Crippen LogP contribution in [0.1, 0.15) is 38.4 Å². The van der Waals surface area contributed by atoms with Crippen LogP contribution in [-0.4, -0.2) is 21.6 Å². The largest absolute Gasteiger partial charge is 0.493 e. The number of pyridine rings is 1. The van der Waals surface area contributed by atoms with Crippen molar-refractivity contribution in [1.82, 2.24) is 15.0 Å². The third kappa shape index (κ3) is 4.94. The number of nitrogens with zero attached hydrogens (tertiary/aromatic N) is 2. The van der Waals surface area contributed by atoms with Gasteiger partial charge in [-0.05, 0) is 54.8 Å². The molecule has 0 saturated heterocycles. The molecule has 32 heavy (non-hydrogen) atoms. The molecule has 4 rings (SSSR count). The summed E-state index contributed by atoms with van der Waals surface area (Å²) in [6.07, 6.45) is 6.90. The maximum Gasteiger partial charge on any atom is 0.132 e. The molecule has 2 aromatic carbocycles. The van der Waals surface area contributed by atoms with Crippen molar-refractivity contribution in [3.8, 4) is 34.0 Å². The van der Waals surface area contributed by atoms with E-state index in [1.807, 2.05) is 54.6 Å². The summed E-state index contributed by atoms with van der Waals surface area (Å²) >= 11 is 6.04. The van der Waals surface area contributed by atoms with Crippen LogP contribution in [0.3, 0.4) is 0 Å². The van der Waals surface area contributed by atoms with Crippen molar-refractivity contribution in [3.63, 3.8) is 0 Å². The molecule has 2 aromatic heterocycles. The van der Waals surface area contributed by atoms with Crippen LogP contribution in [0.2, 0.25) is 5.02 Å². The van der Waals surface area contributed by atoms with Crippen LogP contribution in [0, 0.1) is 0 Å². The molecule has 0 aliphatic carbocycles. The predicted octanol–water partition coefficient (Wildman–Crippen LogP) is 7.11. The maximum atomic E-state index is 6.34. The number of halogens is 1. The van der Waals surface area contributed by atoms with Gasteiger partial charge in [-0.3, -0.25) is 4.98 Å². The highest BCUT2D eigenvalue weighted by molar-refractivity contribution is 6.30. The van der Waals surface area contributed by atoms with Gasteiger partial charge in [-0.1, -0.05) is 37.6 Å². The molecule has 5 nitrogen and oxygen atoms in total. The van der Waals surface area contributed by atoms with Crippen LogP contribution in [0.25, 0.3) is 22.5 Å². The smallest absolute Gasteiger partial charge is 0.132 e. The van der Waals surface area contributed by atoms with E-state index in [0.717, 1.165) is 52.4 Å². The number of imidazole rings is 1. The van der Waals surface area contributed by atoms with Crippen molar-refractivity contribution in [2.75, 3.05) is 6.61 Å². The first-order valence-electron chi connectivity index (χ1n) is 10.8. The fourth-order valence-electron chi connectivity index (χ4n) is 3.57. The number of rotatable bonds is 9. The minimum absolute atomic E-state index is 0.0725. The van der Waals surface area contributed by atoms with Crippen LogP contribution in [-0.2, 0) is 0 Å². The highest BCUT2D eigenvalue weighted by Gasteiger charge is 2.18. The summed E-state index contributed by atoms with van der Waals surface area (Å²) in [6, 6.07) is 17.6. The minimum Gasteiger partial charge on any atom is -0.493 e. The molecule has 0 aliphatic heterocycles. The first-order valence-corrected chi connectivity index (χ1v) is 11.2. The molecule has 0 amide bonds. The average molecular weight is 448 g/mol. The van der Waals surface area contributed by atoms with Crippen molar-refractivity contribution >= 4 is 11.6 Å². The summed E-state index contributed by atoms with van der Waals surface area (Å²) in [7, 11) is 0. The Morgan fingerprint density at radius 3 is 2.50 bits per heavy atom. The number of nitrogens with one attached hydrogen (secondary N) is 1. The van der Waals surface area contributed by atoms with Crippen molar-refractivity contribution in [2.24, 2.45) is 0 Å². The van der Waals surface area contributed by atoms with Crippen LogP contribution in [0.15, 0.2) is 73.3 Å². The lowest BCUT2D eigenvalue weighted by atomic mass is 10.0. The molecule has 0 aliphatic rings. The van der Waals surface area contributed by atoms with E-state index in [0.29, 0.717) is 11.6 Å². The Bertz CT molecular complexity index is 1140. The van der Waals surface area contributed by atoms with Crippen LogP contribution >= 0.6 is 11.6 Å². The number of benzene rings is 2. The molecule has 1 N–H and O–H groups in total. The maximum absolute atomic E-state index is 6.34. The SMILES string of the molecule is CCCOc1cc(OC(CC)c2ccc(Cl)cc2)ccc1-c1[nH]cnc1-c1ccncc1. The Balaban J connectivity index is 1.67. The molecule has 1 atom stereocenters. The molecule has 4 aromatic rings. The summed E-state index contributed by atoms with van der Waals surface area (Å²) < 4.78 is 12.5. The van der Waals surface area contributed by atoms with Crippen molar-refractivity contribution in [3.05, 3.63) is 83.9 Å².